The summed E-state index contributed by atoms with van der Waals surface area (Å²) in [5, 5.41) is 0. The molecule has 5 heteroatoms. The van der Waals surface area contributed by atoms with Crippen LogP contribution < -0.4 is 9.29 Å². The summed E-state index contributed by atoms with van der Waals surface area (Å²) in [6.07, 6.45) is 4.33. The molecule has 0 fully saturated rings. The Labute approximate surface area is 122 Å². The van der Waals surface area contributed by atoms with Gasteiger partial charge in [0.15, 0.2) is 0 Å². The van der Waals surface area contributed by atoms with Crippen molar-refractivity contribution in [2.24, 2.45) is 7.05 Å². The molecule has 0 saturated heterocycles. The molecular formula is C11H13I2N2Se+. The predicted molar refractivity (Wildman–Crippen MR) is 86.0 cm³/mol. The molecule has 2 aromatic rings. The van der Waals surface area contributed by atoms with E-state index in [1.165, 1.54) is 10.3 Å². The molecule has 2 nitrogen and oxygen atoms in total. The summed E-state index contributed by atoms with van der Waals surface area (Å²) >= 11 is 5.18. The molecule has 86 valence electrons. The molecule has 0 aliphatic heterocycles. The molecule has 1 aromatic carbocycles. The second-order valence-electron chi connectivity index (χ2n) is 3.56. The molecule has 0 aliphatic rings. The van der Waals surface area contributed by atoms with E-state index < -0.39 is 7.40 Å². The van der Waals surface area contributed by atoms with Crippen LogP contribution in [0, 0.1) is 0 Å². The number of rotatable bonds is 3. The van der Waals surface area contributed by atoms with Gasteiger partial charge in [0.2, 0.25) is 0 Å². The van der Waals surface area contributed by atoms with E-state index in [1.54, 1.807) is 0 Å². The average Bonchev–Trinajstić information content (AvgIpc) is 2.61. The fraction of sp³-hybridized carbons (Fsp3) is 0.182. The van der Waals surface area contributed by atoms with Crippen LogP contribution in [0.4, 0.5) is 0 Å². The molecule has 0 aliphatic carbocycles. The van der Waals surface area contributed by atoms with E-state index in [1.807, 2.05) is 0 Å². The molecule has 0 saturated carbocycles. The van der Waals surface area contributed by atoms with Crippen LogP contribution in [0.15, 0.2) is 42.7 Å². The van der Waals surface area contributed by atoms with Gasteiger partial charge in [-0.3, -0.25) is 0 Å². The standard InChI is InChI=1S/C11H13I2N2Se/c1-14-7-8-15(11(14)16(12)13)9-10-5-3-2-4-6-10/h2-8,16H,9H2,1H3/q+1. The molecule has 0 N–H and O–H groups in total. The summed E-state index contributed by atoms with van der Waals surface area (Å²) in [6.45, 7) is 0.980. The van der Waals surface area contributed by atoms with Crippen molar-refractivity contribution in [1.82, 2.24) is 4.57 Å². The monoisotopic (exact) mass is 507 g/mol. The first-order valence-electron chi connectivity index (χ1n) is 4.89. The molecule has 16 heavy (non-hydrogen) atoms. The van der Waals surface area contributed by atoms with Crippen LogP contribution in [-0.4, -0.2) is 12.0 Å². The van der Waals surface area contributed by atoms with Gasteiger partial charge in [-0.05, 0) is 0 Å². The van der Waals surface area contributed by atoms with E-state index in [2.05, 4.69) is 99.6 Å². The van der Waals surface area contributed by atoms with Crippen molar-refractivity contribution < 1.29 is 4.57 Å². The van der Waals surface area contributed by atoms with Crippen molar-refractivity contribution in [3.8, 4) is 0 Å². The zero-order valence-electron chi connectivity index (χ0n) is 8.85. The number of nitrogens with zero attached hydrogens (tertiary/aromatic N) is 2. The fourth-order valence-corrected chi connectivity index (χ4v) is 9.39. The minimum absolute atomic E-state index is 0.900. The van der Waals surface area contributed by atoms with Crippen LogP contribution in [0.3, 0.4) is 0 Å². The van der Waals surface area contributed by atoms with Crippen LogP contribution in [0.5, 0.6) is 0 Å². The average molecular weight is 506 g/mol. The van der Waals surface area contributed by atoms with E-state index in [4.69, 9.17) is 0 Å². The van der Waals surface area contributed by atoms with Gasteiger partial charge in [0.1, 0.15) is 0 Å². The van der Waals surface area contributed by atoms with Crippen molar-refractivity contribution in [1.29, 1.82) is 0 Å². The number of hydrogen-bond acceptors (Lipinski definition) is 0. The Balaban J connectivity index is 2.29. The van der Waals surface area contributed by atoms with Gasteiger partial charge in [0.05, 0.1) is 0 Å². The Bertz CT molecular complexity index is 468. The molecule has 0 unspecified atom stereocenters. The van der Waals surface area contributed by atoms with Crippen molar-refractivity contribution >= 4 is 52.8 Å². The molecule has 0 amide bonds. The number of imidazole rings is 1. The zero-order valence-corrected chi connectivity index (χ0v) is 15.0. The van der Waals surface area contributed by atoms with Gasteiger partial charge in [-0.15, -0.1) is 0 Å². The zero-order chi connectivity index (χ0) is 11.5. The first-order valence-corrected chi connectivity index (χ1v) is 17.3. The molecule has 0 radical (unpaired) electrons. The van der Waals surface area contributed by atoms with Gasteiger partial charge in [-0.25, -0.2) is 0 Å². The summed E-state index contributed by atoms with van der Waals surface area (Å²) in [4.78, 5) is 0. The Hall–Kier alpha value is 0.409. The number of halogens is 2. The van der Waals surface area contributed by atoms with Crippen LogP contribution in [0.2, 0.25) is 0 Å². The number of aryl methyl sites for hydroxylation is 1. The third-order valence-corrected chi connectivity index (χ3v) is 8.71. The summed E-state index contributed by atoms with van der Waals surface area (Å²) in [7, 11) is 1.23. The van der Waals surface area contributed by atoms with E-state index >= 15 is 0 Å². The van der Waals surface area contributed by atoms with Crippen LogP contribution in [-0.2, 0) is 13.6 Å². The molecule has 0 spiro atoms. The minimum atomic E-state index is -0.900. The number of benzene rings is 1. The van der Waals surface area contributed by atoms with E-state index in [0.29, 0.717) is 0 Å². The predicted octanol–water partition coefficient (Wildman–Crippen LogP) is 1.66. The van der Waals surface area contributed by atoms with Gasteiger partial charge in [-0.2, -0.15) is 0 Å². The Kier molecular flexibility index (Phi) is 4.69. The summed E-state index contributed by atoms with van der Waals surface area (Å²) in [6, 6.07) is 10.6. The first-order chi connectivity index (χ1) is 7.68. The van der Waals surface area contributed by atoms with Crippen LogP contribution in [0.25, 0.3) is 0 Å². The van der Waals surface area contributed by atoms with Crippen LogP contribution >= 0.6 is 40.7 Å². The third kappa shape index (κ3) is 3.00. The Morgan fingerprint density at radius 3 is 2.56 bits per heavy atom. The second-order valence-corrected chi connectivity index (χ2v) is 25.0. The maximum absolute atomic E-state index is 2.59. The van der Waals surface area contributed by atoms with Crippen molar-refractivity contribution in [3.63, 3.8) is 0 Å². The molecule has 2 rings (SSSR count). The third-order valence-electron chi connectivity index (χ3n) is 2.39. The number of hydrogen-bond donors (Lipinski definition) is 0. The molecule has 0 atom stereocenters. The van der Waals surface area contributed by atoms with Crippen molar-refractivity contribution in [2.45, 2.75) is 6.54 Å². The van der Waals surface area contributed by atoms with Crippen molar-refractivity contribution in [3.05, 3.63) is 48.3 Å². The fourth-order valence-electron chi connectivity index (χ4n) is 1.64. The van der Waals surface area contributed by atoms with E-state index in [9.17, 15) is 0 Å². The summed E-state index contributed by atoms with van der Waals surface area (Å²) in [5.74, 6) is 0. The van der Waals surface area contributed by atoms with Gasteiger partial charge in [0.25, 0.3) is 0 Å². The molecule has 0 bridgehead atoms. The van der Waals surface area contributed by atoms with Crippen LogP contribution in [0.1, 0.15) is 5.56 Å². The molecule has 1 heterocycles. The molecular weight excluding hydrogens is 493 g/mol. The first kappa shape index (κ1) is 12.9. The van der Waals surface area contributed by atoms with E-state index in [-0.39, 0.29) is 0 Å². The van der Waals surface area contributed by atoms with Gasteiger partial charge in [0, 0.05) is 0 Å². The topological polar surface area (TPSA) is 8.81 Å². The van der Waals surface area contributed by atoms with E-state index in [0.717, 1.165) is 6.54 Å². The Morgan fingerprint density at radius 1 is 1.25 bits per heavy atom. The normalized spacial score (nSPS) is 11.6. The molecule has 1 aromatic heterocycles. The van der Waals surface area contributed by atoms with Gasteiger partial charge < -0.3 is 0 Å². The van der Waals surface area contributed by atoms with Gasteiger partial charge in [-0.1, -0.05) is 0 Å². The van der Waals surface area contributed by atoms with Gasteiger partial charge >= 0.3 is 124 Å². The number of aromatic nitrogens is 2. The summed E-state index contributed by atoms with van der Waals surface area (Å²) < 4.78 is 6.10. The quantitative estimate of drug-likeness (QED) is 0.341. The summed E-state index contributed by atoms with van der Waals surface area (Å²) in [5.41, 5.74) is 1.36. The second kappa shape index (κ2) is 5.84. The maximum atomic E-state index is 2.59. The SMILES string of the molecule is C[n+]1ccn(Cc2ccccc2)c1[SeH](I)I. The van der Waals surface area contributed by atoms with Crippen molar-refractivity contribution in [2.75, 3.05) is 0 Å². The Morgan fingerprint density at radius 2 is 1.94 bits per heavy atom.